The van der Waals surface area contributed by atoms with Crippen molar-refractivity contribution in [2.75, 3.05) is 13.1 Å². The Balaban J connectivity index is 2.58. The molecule has 15 heavy (non-hydrogen) atoms. The molecule has 86 valence electrons. The predicted octanol–water partition coefficient (Wildman–Crippen LogP) is 0.564. The SMILES string of the molecule is CCNC(=O)C(C)N1CCCCC1C=O. The van der Waals surface area contributed by atoms with Crippen molar-refractivity contribution in [1.82, 2.24) is 10.2 Å². The largest absolute Gasteiger partial charge is 0.355 e. The lowest BCUT2D eigenvalue weighted by atomic mass is 10.0. The monoisotopic (exact) mass is 212 g/mol. The van der Waals surface area contributed by atoms with Crippen molar-refractivity contribution in [3.05, 3.63) is 0 Å². The molecule has 2 atom stereocenters. The molecule has 1 aliphatic rings. The lowest BCUT2D eigenvalue weighted by molar-refractivity contribution is -0.128. The first kappa shape index (κ1) is 12.2. The molecule has 2 unspecified atom stereocenters. The summed E-state index contributed by atoms with van der Waals surface area (Å²) in [5, 5.41) is 2.79. The van der Waals surface area contributed by atoms with Crippen LogP contribution in [0.2, 0.25) is 0 Å². The molecular formula is C11H20N2O2. The molecule has 0 radical (unpaired) electrons. The minimum absolute atomic E-state index is 0.0197. The van der Waals surface area contributed by atoms with Gasteiger partial charge in [-0.25, -0.2) is 0 Å². The summed E-state index contributed by atoms with van der Waals surface area (Å²) in [7, 11) is 0. The van der Waals surface area contributed by atoms with Crippen molar-refractivity contribution in [1.29, 1.82) is 0 Å². The maximum Gasteiger partial charge on any atom is 0.237 e. The molecule has 0 aromatic heterocycles. The van der Waals surface area contributed by atoms with Gasteiger partial charge in [-0.15, -0.1) is 0 Å². The van der Waals surface area contributed by atoms with E-state index in [1.54, 1.807) is 0 Å². The number of likely N-dealkylation sites (N-methyl/N-ethyl adjacent to an activating group) is 1. The third kappa shape index (κ3) is 3.02. The van der Waals surface area contributed by atoms with Gasteiger partial charge in [0.05, 0.1) is 12.1 Å². The summed E-state index contributed by atoms with van der Waals surface area (Å²) in [6.45, 7) is 5.26. The zero-order chi connectivity index (χ0) is 11.3. The summed E-state index contributed by atoms with van der Waals surface area (Å²) in [6.07, 6.45) is 4.01. The van der Waals surface area contributed by atoms with Crippen LogP contribution in [0.5, 0.6) is 0 Å². The minimum Gasteiger partial charge on any atom is -0.355 e. The number of nitrogens with one attached hydrogen (secondary N) is 1. The lowest BCUT2D eigenvalue weighted by Gasteiger charge is -2.36. The molecule has 0 aliphatic carbocycles. The van der Waals surface area contributed by atoms with E-state index in [0.29, 0.717) is 6.54 Å². The molecular weight excluding hydrogens is 192 g/mol. The van der Waals surface area contributed by atoms with E-state index in [2.05, 4.69) is 5.32 Å². The number of carbonyl (C=O) groups excluding carboxylic acids is 2. The summed E-state index contributed by atoms with van der Waals surface area (Å²) < 4.78 is 0. The molecule has 0 saturated carbocycles. The van der Waals surface area contributed by atoms with Crippen LogP contribution in [0.25, 0.3) is 0 Å². The van der Waals surface area contributed by atoms with Gasteiger partial charge in [-0.1, -0.05) is 6.42 Å². The highest BCUT2D eigenvalue weighted by atomic mass is 16.2. The summed E-state index contributed by atoms with van der Waals surface area (Å²) in [5.74, 6) is 0.0197. The van der Waals surface area contributed by atoms with Gasteiger partial charge in [0.2, 0.25) is 5.91 Å². The molecule has 1 N–H and O–H groups in total. The van der Waals surface area contributed by atoms with Crippen LogP contribution >= 0.6 is 0 Å². The Morgan fingerprint density at radius 1 is 1.60 bits per heavy atom. The second-order valence-corrected chi connectivity index (χ2v) is 4.01. The van der Waals surface area contributed by atoms with Gasteiger partial charge in [-0.05, 0) is 33.2 Å². The van der Waals surface area contributed by atoms with Gasteiger partial charge in [0.1, 0.15) is 6.29 Å². The number of rotatable bonds is 4. The second kappa shape index (κ2) is 5.85. The fourth-order valence-electron chi connectivity index (χ4n) is 2.08. The number of hydrogen-bond donors (Lipinski definition) is 1. The Hall–Kier alpha value is -0.900. The fourth-order valence-corrected chi connectivity index (χ4v) is 2.08. The van der Waals surface area contributed by atoms with Gasteiger partial charge in [-0.3, -0.25) is 9.69 Å². The van der Waals surface area contributed by atoms with Crippen molar-refractivity contribution < 1.29 is 9.59 Å². The number of aldehydes is 1. The van der Waals surface area contributed by atoms with E-state index in [1.807, 2.05) is 18.7 Å². The molecule has 1 aliphatic heterocycles. The molecule has 4 nitrogen and oxygen atoms in total. The van der Waals surface area contributed by atoms with E-state index in [-0.39, 0.29) is 18.0 Å². The molecule has 1 amide bonds. The Morgan fingerprint density at radius 3 is 2.93 bits per heavy atom. The molecule has 1 rings (SSSR count). The van der Waals surface area contributed by atoms with Gasteiger partial charge in [0.25, 0.3) is 0 Å². The number of hydrogen-bond acceptors (Lipinski definition) is 3. The first-order chi connectivity index (χ1) is 7.20. The zero-order valence-electron chi connectivity index (χ0n) is 9.53. The molecule has 0 bridgehead atoms. The number of amides is 1. The predicted molar refractivity (Wildman–Crippen MR) is 58.6 cm³/mol. The van der Waals surface area contributed by atoms with Gasteiger partial charge >= 0.3 is 0 Å². The second-order valence-electron chi connectivity index (χ2n) is 4.01. The quantitative estimate of drug-likeness (QED) is 0.693. The van der Waals surface area contributed by atoms with E-state index >= 15 is 0 Å². The van der Waals surface area contributed by atoms with Crippen LogP contribution in [-0.2, 0) is 9.59 Å². The van der Waals surface area contributed by atoms with Crippen LogP contribution in [0.15, 0.2) is 0 Å². The minimum atomic E-state index is -0.194. The van der Waals surface area contributed by atoms with Crippen LogP contribution in [0.3, 0.4) is 0 Å². The zero-order valence-corrected chi connectivity index (χ0v) is 9.53. The van der Waals surface area contributed by atoms with Crippen molar-refractivity contribution in [2.45, 2.75) is 45.2 Å². The Labute approximate surface area is 91.0 Å². The molecule has 1 saturated heterocycles. The smallest absolute Gasteiger partial charge is 0.237 e. The van der Waals surface area contributed by atoms with E-state index in [4.69, 9.17) is 0 Å². The molecule has 0 aromatic carbocycles. The van der Waals surface area contributed by atoms with E-state index in [1.165, 1.54) is 0 Å². The number of nitrogens with zero attached hydrogens (tertiary/aromatic N) is 1. The first-order valence-electron chi connectivity index (χ1n) is 5.69. The summed E-state index contributed by atoms with van der Waals surface area (Å²) in [5.41, 5.74) is 0. The Morgan fingerprint density at radius 2 is 2.33 bits per heavy atom. The standard InChI is InChI=1S/C11H20N2O2/c1-3-12-11(15)9(2)13-7-5-4-6-10(13)8-14/h8-10H,3-7H2,1-2H3,(H,12,15). The van der Waals surface area contributed by atoms with Crippen LogP contribution < -0.4 is 5.32 Å². The average Bonchev–Trinajstić information content (AvgIpc) is 2.28. The number of piperidine rings is 1. The highest BCUT2D eigenvalue weighted by molar-refractivity contribution is 5.81. The van der Waals surface area contributed by atoms with Crippen LogP contribution in [0.1, 0.15) is 33.1 Å². The normalized spacial score (nSPS) is 24.5. The highest BCUT2D eigenvalue weighted by Gasteiger charge is 2.29. The first-order valence-corrected chi connectivity index (χ1v) is 5.69. The third-order valence-electron chi connectivity index (χ3n) is 2.98. The van der Waals surface area contributed by atoms with Crippen LogP contribution in [-0.4, -0.2) is 42.3 Å². The van der Waals surface area contributed by atoms with Crippen molar-refractivity contribution in [3.8, 4) is 0 Å². The van der Waals surface area contributed by atoms with E-state index < -0.39 is 0 Å². The molecule has 1 fully saturated rings. The third-order valence-corrected chi connectivity index (χ3v) is 2.98. The number of carbonyl (C=O) groups is 2. The van der Waals surface area contributed by atoms with E-state index in [9.17, 15) is 9.59 Å². The molecule has 4 heteroatoms. The van der Waals surface area contributed by atoms with Gasteiger partial charge in [-0.2, -0.15) is 0 Å². The molecule has 0 spiro atoms. The fraction of sp³-hybridized carbons (Fsp3) is 0.818. The van der Waals surface area contributed by atoms with E-state index in [0.717, 1.165) is 32.1 Å². The average molecular weight is 212 g/mol. The topological polar surface area (TPSA) is 49.4 Å². The highest BCUT2D eigenvalue weighted by Crippen LogP contribution is 2.18. The number of likely N-dealkylation sites (tertiary alicyclic amines) is 1. The Kier molecular flexibility index (Phi) is 4.75. The summed E-state index contributed by atoms with van der Waals surface area (Å²) in [4.78, 5) is 24.5. The summed E-state index contributed by atoms with van der Waals surface area (Å²) in [6, 6.07) is -0.267. The van der Waals surface area contributed by atoms with Crippen molar-refractivity contribution >= 4 is 12.2 Å². The van der Waals surface area contributed by atoms with Gasteiger partial charge in [0, 0.05) is 6.54 Å². The lowest BCUT2D eigenvalue weighted by Crippen LogP contribution is -2.52. The molecule has 0 aromatic rings. The molecule has 1 heterocycles. The van der Waals surface area contributed by atoms with Gasteiger partial charge < -0.3 is 10.1 Å². The maximum absolute atomic E-state index is 11.6. The summed E-state index contributed by atoms with van der Waals surface area (Å²) >= 11 is 0. The van der Waals surface area contributed by atoms with Crippen molar-refractivity contribution in [2.24, 2.45) is 0 Å². The van der Waals surface area contributed by atoms with Crippen molar-refractivity contribution in [3.63, 3.8) is 0 Å². The van der Waals surface area contributed by atoms with Crippen LogP contribution in [0, 0.1) is 0 Å². The Bertz CT molecular complexity index is 231. The van der Waals surface area contributed by atoms with Gasteiger partial charge in [0.15, 0.2) is 0 Å². The van der Waals surface area contributed by atoms with Crippen LogP contribution in [0.4, 0.5) is 0 Å². The maximum atomic E-state index is 11.6.